The molecular formula is C10H11O2P. The van der Waals surface area contributed by atoms with Crippen molar-refractivity contribution in [1.82, 2.24) is 0 Å². The van der Waals surface area contributed by atoms with Crippen LogP contribution in [-0.2, 0) is 11.0 Å². The van der Waals surface area contributed by atoms with Gasteiger partial charge >= 0.3 is 8.69 Å². The Morgan fingerprint density at radius 3 is 2.85 bits per heavy atom. The molecule has 0 atom stereocenters. The molecule has 0 saturated carbocycles. The van der Waals surface area contributed by atoms with Crippen LogP contribution in [0.2, 0.25) is 0 Å². The first-order chi connectivity index (χ1) is 6.24. The van der Waals surface area contributed by atoms with Gasteiger partial charge < -0.3 is 4.52 Å². The summed E-state index contributed by atoms with van der Waals surface area (Å²) in [7, 11) is -0.318. The Kier molecular flexibility index (Phi) is 3.66. The Hall–Kier alpha value is -1.14. The van der Waals surface area contributed by atoms with Crippen LogP contribution >= 0.6 is 8.69 Å². The number of para-hydroxylation sites is 1. The lowest BCUT2D eigenvalue weighted by molar-refractivity contribution is 0.522. The van der Waals surface area contributed by atoms with Crippen molar-refractivity contribution in [2.24, 2.45) is 0 Å². The summed E-state index contributed by atoms with van der Waals surface area (Å²) < 4.78 is 15.2. The zero-order valence-electron chi connectivity index (χ0n) is 7.49. The van der Waals surface area contributed by atoms with Crippen LogP contribution in [0.15, 0.2) is 36.4 Å². The highest BCUT2D eigenvalue weighted by molar-refractivity contribution is 7.17. The third-order valence-corrected chi connectivity index (χ3v) is 1.87. The van der Waals surface area contributed by atoms with E-state index >= 15 is 0 Å². The SMILES string of the molecule is C=C(C)Cc1ccccc1OP=O. The standard InChI is InChI=1S/C10H11O2P/c1-8(2)7-9-5-3-4-6-10(9)12-13-11/h3-6H,1,7H2,2H3. The van der Waals surface area contributed by atoms with Crippen LogP contribution in [0.1, 0.15) is 12.5 Å². The molecule has 0 aliphatic carbocycles. The predicted octanol–water partition coefficient (Wildman–Crippen LogP) is 3.39. The Morgan fingerprint density at radius 2 is 2.23 bits per heavy atom. The highest BCUT2D eigenvalue weighted by Gasteiger charge is 2.02. The van der Waals surface area contributed by atoms with Crippen LogP contribution < -0.4 is 4.52 Å². The molecule has 0 N–H and O–H groups in total. The van der Waals surface area contributed by atoms with E-state index in [9.17, 15) is 4.57 Å². The third kappa shape index (κ3) is 3.00. The molecule has 1 rings (SSSR count). The number of allylic oxidation sites excluding steroid dienone is 1. The maximum Gasteiger partial charge on any atom is 0.395 e. The van der Waals surface area contributed by atoms with Crippen molar-refractivity contribution in [2.75, 3.05) is 0 Å². The zero-order valence-corrected chi connectivity index (χ0v) is 8.38. The topological polar surface area (TPSA) is 26.3 Å². The average Bonchev–Trinajstić information content (AvgIpc) is 2.08. The second-order valence-corrected chi connectivity index (χ2v) is 3.24. The molecule has 1 aromatic rings. The fourth-order valence-corrected chi connectivity index (χ4v) is 1.36. The highest BCUT2D eigenvalue weighted by Crippen LogP contribution is 2.23. The van der Waals surface area contributed by atoms with Crippen LogP contribution in [0.3, 0.4) is 0 Å². The molecule has 0 unspecified atom stereocenters. The minimum absolute atomic E-state index is 0.318. The van der Waals surface area contributed by atoms with Gasteiger partial charge in [0.05, 0.1) is 0 Å². The quantitative estimate of drug-likeness (QED) is 0.542. The molecule has 2 nitrogen and oxygen atoms in total. The van der Waals surface area contributed by atoms with E-state index in [0.717, 1.165) is 17.6 Å². The summed E-state index contributed by atoms with van der Waals surface area (Å²) in [6.45, 7) is 5.77. The molecule has 0 aliphatic rings. The van der Waals surface area contributed by atoms with Gasteiger partial charge in [-0.25, -0.2) is 4.57 Å². The summed E-state index contributed by atoms with van der Waals surface area (Å²) in [4.78, 5) is 0. The molecule has 0 radical (unpaired) electrons. The number of hydrogen-bond donors (Lipinski definition) is 0. The molecule has 0 spiro atoms. The smallest absolute Gasteiger partial charge is 0.395 e. The first kappa shape index (κ1) is 9.94. The van der Waals surface area contributed by atoms with Crippen LogP contribution in [-0.4, -0.2) is 0 Å². The number of benzene rings is 1. The molecule has 68 valence electrons. The summed E-state index contributed by atoms with van der Waals surface area (Å²) in [6, 6.07) is 7.51. The van der Waals surface area contributed by atoms with Gasteiger partial charge in [-0.15, -0.1) is 0 Å². The van der Waals surface area contributed by atoms with Crippen molar-refractivity contribution < 1.29 is 9.09 Å². The first-order valence-electron chi connectivity index (χ1n) is 3.96. The summed E-state index contributed by atoms with van der Waals surface area (Å²) in [5.74, 6) is 0.655. The summed E-state index contributed by atoms with van der Waals surface area (Å²) >= 11 is 0. The maximum atomic E-state index is 10.3. The average molecular weight is 194 g/mol. The summed E-state index contributed by atoms with van der Waals surface area (Å²) in [5.41, 5.74) is 2.07. The van der Waals surface area contributed by atoms with Gasteiger partial charge in [-0.3, -0.25) is 0 Å². The fourth-order valence-electron chi connectivity index (χ4n) is 1.10. The van der Waals surface area contributed by atoms with Crippen molar-refractivity contribution in [3.8, 4) is 5.75 Å². The molecule has 0 saturated heterocycles. The lowest BCUT2D eigenvalue weighted by Gasteiger charge is -2.05. The molecule has 1 aromatic carbocycles. The van der Waals surface area contributed by atoms with Gasteiger partial charge in [0, 0.05) is 0 Å². The van der Waals surface area contributed by atoms with E-state index in [1.807, 2.05) is 25.1 Å². The third-order valence-electron chi connectivity index (χ3n) is 1.60. The first-order valence-corrected chi connectivity index (χ1v) is 4.69. The Morgan fingerprint density at radius 1 is 1.54 bits per heavy atom. The summed E-state index contributed by atoms with van der Waals surface area (Å²) in [5, 5.41) is 0. The monoisotopic (exact) mass is 194 g/mol. The van der Waals surface area contributed by atoms with Gasteiger partial charge in [-0.05, 0) is 25.0 Å². The lowest BCUT2D eigenvalue weighted by atomic mass is 10.1. The van der Waals surface area contributed by atoms with Crippen molar-refractivity contribution in [1.29, 1.82) is 0 Å². The number of rotatable bonds is 4. The predicted molar refractivity (Wildman–Crippen MR) is 53.2 cm³/mol. The van der Waals surface area contributed by atoms with Gasteiger partial charge in [0.2, 0.25) is 0 Å². The van der Waals surface area contributed by atoms with Gasteiger partial charge in [0.25, 0.3) is 0 Å². The van der Waals surface area contributed by atoms with E-state index in [-0.39, 0.29) is 8.69 Å². The normalized spacial score (nSPS) is 9.92. The largest absolute Gasteiger partial charge is 0.407 e. The van der Waals surface area contributed by atoms with Gasteiger partial charge in [0.1, 0.15) is 5.75 Å². The van der Waals surface area contributed by atoms with E-state index in [0.29, 0.717) is 5.75 Å². The van der Waals surface area contributed by atoms with E-state index in [1.165, 1.54) is 0 Å². The fraction of sp³-hybridized carbons (Fsp3) is 0.200. The Labute approximate surface area is 79.5 Å². The molecule has 0 bridgehead atoms. The van der Waals surface area contributed by atoms with E-state index in [1.54, 1.807) is 6.07 Å². The maximum absolute atomic E-state index is 10.3. The van der Waals surface area contributed by atoms with Crippen molar-refractivity contribution >= 4 is 8.69 Å². The second kappa shape index (κ2) is 4.78. The van der Waals surface area contributed by atoms with Crippen molar-refractivity contribution in [2.45, 2.75) is 13.3 Å². The van der Waals surface area contributed by atoms with E-state index in [2.05, 4.69) is 6.58 Å². The highest BCUT2D eigenvalue weighted by atomic mass is 31.1. The Bertz CT molecular complexity index is 320. The zero-order chi connectivity index (χ0) is 9.68. The summed E-state index contributed by atoms with van der Waals surface area (Å²) in [6.07, 6.45) is 0.756. The van der Waals surface area contributed by atoms with E-state index < -0.39 is 0 Å². The molecular weight excluding hydrogens is 183 g/mol. The lowest BCUT2D eigenvalue weighted by Crippen LogP contribution is -1.88. The number of hydrogen-bond acceptors (Lipinski definition) is 2. The molecule has 0 heterocycles. The van der Waals surface area contributed by atoms with Gasteiger partial charge in [-0.2, -0.15) is 0 Å². The molecule has 0 aliphatic heterocycles. The molecule has 3 heteroatoms. The van der Waals surface area contributed by atoms with E-state index in [4.69, 9.17) is 4.52 Å². The van der Waals surface area contributed by atoms with Crippen LogP contribution in [0.4, 0.5) is 0 Å². The van der Waals surface area contributed by atoms with Gasteiger partial charge in [0.15, 0.2) is 0 Å². The van der Waals surface area contributed by atoms with Crippen molar-refractivity contribution in [3.05, 3.63) is 42.0 Å². The van der Waals surface area contributed by atoms with Crippen molar-refractivity contribution in [3.63, 3.8) is 0 Å². The minimum atomic E-state index is -0.318. The molecule has 0 amide bonds. The van der Waals surface area contributed by atoms with Gasteiger partial charge in [-0.1, -0.05) is 30.4 Å². The molecule has 13 heavy (non-hydrogen) atoms. The van der Waals surface area contributed by atoms with Crippen LogP contribution in [0, 0.1) is 0 Å². The minimum Gasteiger partial charge on any atom is -0.407 e. The van der Waals surface area contributed by atoms with Crippen LogP contribution in [0.5, 0.6) is 5.75 Å². The Balaban J connectivity index is 2.90. The molecule has 0 fully saturated rings. The van der Waals surface area contributed by atoms with Crippen LogP contribution in [0.25, 0.3) is 0 Å². The second-order valence-electron chi connectivity index (χ2n) is 2.91. The molecule has 0 aromatic heterocycles.